The number of nitrogens with zero attached hydrogens (tertiary/aromatic N) is 2. The number of pyridine rings is 1. The van der Waals surface area contributed by atoms with E-state index in [0.29, 0.717) is 34.3 Å². The minimum atomic E-state index is 0.242. The number of nitrogen functional groups attached to an aromatic ring is 1. The van der Waals surface area contributed by atoms with Gasteiger partial charge in [0.1, 0.15) is 35.6 Å². The maximum absolute atomic E-state index is 9.98. The topological polar surface area (TPSA) is 97.0 Å². The van der Waals surface area contributed by atoms with Crippen LogP contribution in [0.2, 0.25) is 0 Å². The number of rotatable bonds is 7. The van der Waals surface area contributed by atoms with Crippen molar-refractivity contribution in [1.29, 1.82) is 10.5 Å². The second-order valence-electron chi connectivity index (χ2n) is 7.29. The van der Waals surface area contributed by atoms with Gasteiger partial charge >= 0.3 is 0 Å². The summed E-state index contributed by atoms with van der Waals surface area (Å²) in [5.74, 6) is 1.61. The van der Waals surface area contributed by atoms with Crippen LogP contribution in [0.4, 0.5) is 5.82 Å². The molecule has 0 aliphatic rings. The zero-order valence-corrected chi connectivity index (χ0v) is 18.6. The summed E-state index contributed by atoms with van der Waals surface area (Å²) in [4.78, 5) is 3.05. The first kappa shape index (κ1) is 22.0. The van der Waals surface area contributed by atoms with Crippen molar-refractivity contribution < 1.29 is 9.72 Å². The molecular formula is C27H21N4OS+. The molecule has 0 aliphatic carbocycles. The number of hydrogen-bond acceptors (Lipinski definition) is 5. The largest absolute Gasteiger partial charge is 0.489 e. The molecule has 0 unspecified atom stereocenters. The number of anilines is 1. The van der Waals surface area contributed by atoms with E-state index in [1.54, 1.807) is 0 Å². The average Bonchev–Trinajstić information content (AvgIpc) is 2.87. The third-order valence-corrected chi connectivity index (χ3v) is 6.16. The summed E-state index contributed by atoms with van der Waals surface area (Å²) in [6, 6.07) is 31.7. The van der Waals surface area contributed by atoms with Gasteiger partial charge in [-0.05, 0) is 28.8 Å². The zero-order chi connectivity index (χ0) is 23.0. The first-order chi connectivity index (χ1) is 16.2. The van der Waals surface area contributed by atoms with Gasteiger partial charge in [0.15, 0.2) is 5.03 Å². The van der Waals surface area contributed by atoms with Gasteiger partial charge in [-0.1, -0.05) is 84.6 Å². The van der Waals surface area contributed by atoms with Gasteiger partial charge in [-0.25, -0.2) is 4.98 Å². The third kappa shape index (κ3) is 5.15. The van der Waals surface area contributed by atoms with E-state index in [0.717, 1.165) is 16.7 Å². The van der Waals surface area contributed by atoms with Crippen LogP contribution in [0, 0.1) is 22.7 Å². The molecule has 0 fully saturated rings. The number of nitrogens with two attached hydrogens (primary N) is 1. The normalized spacial score (nSPS) is 10.2. The summed E-state index contributed by atoms with van der Waals surface area (Å²) in [6.07, 6.45) is 0. The van der Waals surface area contributed by atoms with Crippen LogP contribution in [0.25, 0.3) is 11.1 Å². The number of hydrogen-bond donors (Lipinski definition) is 1. The first-order valence-electron chi connectivity index (χ1n) is 10.3. The lowest BCUT2D eigenvalue weighted by atomic mass is 9.97. The molecule has 0 saturated carbocycles. The van der Waals surface area contributed by atoms with E-state index in [9.17, 15) is 10.5 Å². The number of ether oxygens (including phenoxy) is 1. The Bertz CT molecular complexity index is 1330. The monoisotopic (exact) mass is 449 g/mol. The Morgan fingerprint density at radius 1 is 0.788 bits per heavy atom. The Morgan fingerprint density at radius 2 is 1.39 bits per heavy atom. The van der Waals surface area contributed by atoms with E-state index in [2.05, 4.69) is 17.1 Å². The fourth-order valence-electron chi connectivity index (χ4n) is 3.43. The molecule has 0 saturated heterocycles. The Morgan fingerprint density at radius 3 is 2.00 bits per heavy atom. The molecule has 1 heterocycles. The zero-order valence-electron chi connectivity index (χ0n) is 17.8. The molecule has 4 aromatic rings. The van der Waals surface area contributed by atoms with E-state index >= 15 is 0 Å². The molecule has 3 N–H and O–H groups in total. The number of nitrogens with one attached hydrogen (secondary N) is 1. The molecule has 0 atom stereocenters. The van der Waals surface area contributed by atoms with Gasteiger partial charge < -0.3 is 4.74 Å². The van der Waals surface area contributed by atoms with Crippen LogP contribution in [-0.4, -0.2) is 0 Å². The van der Waals surface area contributed by atoms with Crippen LogP contribution >= 0.6 is 11.8 Å². The molecule has 160 valence electrons. The highest BCUT2D eigenvalue weighted by Gasteiger charge is 2.23. The van der Waals surface area contributed by atoms with Crippen LogP contribution in [0.5, 0.6) is 5.75 Å². The molecule has 0 bridgehead atoms. The minimum Gasteiger partial charge on any atom is -0.489 e. The lowest BCUT2D eigenvalue weighted by Gasteiger charge is -2.11. The third-order valence-electron chi connectivity index (χ3n) is 5.09. The highest BCUT2D eigenvalue weighted by Crippen LogP contribution is 2.35. The number of H-pyrrole nitrogens is 1. The Hall–Kier alpha value is -4.26. The Kier molecular flexibility index (Phi) is 6.90. The summed E-state index contributed by atoms with van der Waals surface area (Å²) in [7, 11) is 0. The molecule has 0 radical (unpaired) electrons. The quantitative estimate of drug-likeness (QED) is 0.383. The van der Waals surface area contributed by atoms with Crippen molar-refractivity contribution in [3.63, 3.8) is 0 Å². The average molecular weight is 450 g/mol. The van der Waals surface area contributed by atoms with Crippen LogP contribution in [0.1, 0.15) is 22.3 Å². The molecule has 0 aliphatic heterocycles. The summed E-state index contributed by atoms with van der Waals surface area (Å²) < 4.78 is 5.87. The predicted octanol–water partition coefficient (Wildman–Crippen LogP) is 5.36. The summed E-state index contributed by atoms with van der Waals surface area (Å²) in [5.41, 5.74) is 10.3. The van der Waals surface area contributed by atoms with Gasteiger partial charge in [0.25, 0.3) is 5.82 Å². The van der Waals surface area contributed by atoms with Crippen molar-refractivity contribution >= 4 is 17.6 Å². The van der Waals surface area contributed by atoms with Crippen molar-refractivity contribution in [2.75, 3.05) is 5.73 Å². The van der Waals surface area contributed by atoms with Gasteiger partial charge in [-0.3, -0.25) is 5.73 Å². The number of thioether (sulfide) groups is 1. The molecular weight excluding hydrogens is 428 g/mol. The number of nitriles is 2. The van der Waals surface area contributed by atoms with Gasteiger partial charge in [0.2, 0.25) is 0 Å². The van der Waals surface area contributed by atoms with Crippen molar-refractivity contribution in [1.82, 2.24) is 0 Å². The van der Waals surface area contributed by atoms with E-state index in [1.807, 2.05) is 84.9 Å². The maximum atomic E-state index is 9.98. The molecule has 1 aromatic heterocycles. The maximum Gasteiger partial charge on any atom is 0.289 e. The van der Waals surface area contributed by atoms with Crippen molar-refractivity contribution in [3.8, 4) is 29.0 Å². The minimum absolute atomic E-state index is 0.242. The van der Waals surface area contributed by atoms with Crippen LogP contribution in [-0.2, 0) is 12.4 Å². The summed E-state index contributed by atoms with van der Waals surface area (Å²) in [5, 5.41) is 20.4. The predicted molar refractivity (Wildman–Crippen MR) is 129 cm³/mol. The van der Waals surface area contributed by atoms with E-state index in [-0.39, 0.29) is 11.4 Å². The van der Waals surface area contributed by atoms with E-state index < -0.39 is 0 Å². The number of benzene rings is 3. The molecule has 5 nitrogen and oxygen atoms in total. The smallest absolute Gasteiger partial charge is 0.289 e. The van der Waals surface area contributed by atoms with Gasteiger partial charge in [-0.2, -0.15) is 10.5 Å². The van der Waals surface area contributed by atoms with Crippen molar-refractivity contribution in [2.45, 2.75) is 17.4 Å². The Balaban J connectivity index is 1.63. The highest BCUT2D eigenvalue weighted by atomic mass is 32.2. The molecule has 4 rings (SSSR count). The first-order valence-corrected chi connectivity index (χ1v) is 11.3. The second kappa shape index (κ2) is 10.4. The lowest BCUT2D eigenvalue weighted by molar-refractivity contribution is -0.410. The molecule has 0 spiro atoms. The molecule has 33 heavy (non-hydrogen) atoms. The number of aromatic amines is 1. The van der Waals surface area contributed by atoms with Crippen LogP contribution < -0.4 is 15.5 Å². The fourth-order valence-corrected chi connectivity index (χ4v) is 4.41. The Labute approximate surface area is 197 Å². The fraction of sp³-hybridized carbons (Fsp3) is 0.0741. The second-order valence-corrected chi connectivity index (χ2v) is 8.27. The van der Waals surface area contributed by atoms with E-state index in [1.165, 1.54) is 11.8 Å². The van der Waals surface area contributed by atoms with E-state index in [4.69, 9.17) is 10.5 Å². The molecule has 6 heteroatoms. The van der Waals surface area contributed by atoms with Gasteiger partial charge in [-0.15, -0.1) is 0 Å². The lowest BCUT2D eigenvalue weighted by Crippen LogP contribution is -2.18. The van der Waals surface area contributed by atoms with Gasteiger partial charge in [0.05, 0.1) is 0 Å². The summed E-state index contributed by atoms with van der Waals surface area (Å²) >= 11 is 1.48. The molecule has 0 amide bonds. The van der Waals surface area contributed by atoms with Crippen LogP contribution in [0.15, 0.2) is 90.0 Å². The standard InChI is InChI=1S/C27H20N4OS/c28-15-23-25(21-11-13-22(14-12-21)32-17-19-7-3-1-4-8-19)24(16-29)27(31-26(23)30)33-18-20-9-5-2-6-10-20/h1-14H,17-18H2,(H2,30,31)/p+1. The van der Waals surface area contributed by atoms with Crippen LogP contribution in [0.3, 0.4) is 0 Å². The SMILES string of the molecule is N#Cc1c(N)[nH+]c(SCc2ccccc2)c(C#N)c1-c1ccc(OCc2ccccc2)cc1. The summed E-state index contributed by atoms with van der Waals surface area (Å²) in [6.45, 7) is 0.459. The molecule has 3 aromatic carbocycles. The van der Waals surface area contributed by atoms with Gasteiger partial charge in [0, 0.05) is 11.3 Å². The van der Waals surface area contributed by atoms with Crippen molar-refractivity contribution in [3.05, 3.63) is 107 Å². The van der Waals surface area contributed by atoms with Crippen molar-refractivity contribution in [2.24, 2.45) is 0 Å². The number of aromatic nitrogens is 1. The highest BCUT2D eigenvalue weighted by molar-refractivity contribution is 7.98.